The van der Waals surface area contributed by atoms with E-state index in [1.807, 2.05) is 24.3 Å². The van der Waals surface area contributed by atoms with Gasteiger partial charge in [0.2, 0.25) is 5.91 Å². The number of carbonyl (C=O) groups excluding carboxylic acids is 1. The van der Waals surface area contributed by atoms with E-state index in [-0.39, 0.29) is 17.8 Å². The van der Waals surface area contributed by atoms with Crippen molar-refractivity contribution in [3.63, 3.8) is 0 Å². The van der Waals surface area contributed by atoms with E-state index in [2.05, 4.69) is 0 Å². The molecule has 1 amide bonds. The summed E-state index contributed by atoms with van der Waals surface area (Å²) in [6.07, 6.45) is 0.142. The second-order valence-corrected chi connectivity index (χ2v) is 6.12. The molecule has 3 rings (SSSR count). The monoisotopic (exact) mass is 359 g/mol. The van der Waals surface area contributed by atoms with Crippen molar-refractivity contribution >= 4 is 5.91 Å². The molecule has 1 fully saturated rings. The number of hydrogen-bond donors (Lipinski definition) is 0. The van der Waals surface area contributed by atoms with Crippen LogP contribution in [0.4, 0.5) is 4.39 Å². The normalized spacial score (nSPS) is 17.0. The Hall–Kier alpha value is -2.60. The molecule has 5 nitrogen and oxygen atoms in total. The molecular formula is C20H22FNO4. The first-order valence-corrected chi connectivity index (χ1v) is 8.55. The summed E-state index contributed by atoms with van der Waals surface area (Å²) < 4.78 is 29.3. The van der Waals surface area contributed by atoms with Crippen molar-refractivity contribution in [2.24, 2.45) is 0 Å². The smallest absolute Gasteiger partial charge is 0.227 e. The lowest BCUT2D eigenvalue weighted by molar-refractivity contribution is -0.139. The van der Waals surface area contributed by atoms with E-state index in [0.717, 1.165) is 11.3 Å². The first-order valence-electron chi connectivity index (χ1n) is 8.55. The molecule has 0 bridgehead atoms. The average molecular weight is 359 g/mol. The third kappa shape index (κ3) is 4.95. The number of hydrogen-bond acceptors (Lipinski definition) is 4. The molecule has 0 aliphatic carbocycles. The first-order chi connectivity index (χ1) is 12.6. The van der Waals surface area contributed by atoms with Crippen molar-refractivity contribution in [1.29, 1.82) is 0 Å². The zero-order valence-electron chi connectivity index (χ0n) is 14.7. The summed E-state index contributed by atoms with van der Waals surface area (Å²) in [7, 11) is 1.61. The van der Waals surface area contributed by atoms with Crippen LogP contribution in [-0.2, 0) is 16.0 Å². The van der Waals surface area contributed by atoms with Gasteiger partial charge in [-0.2, -0.15) is 0 Å². The molecule has 1 saturated heterocycles. The Kier molecular flexibility index (Phi) is 6.07. The molecule has 0 saturated carbocycles. The number of ether oxygens (including phenoxy) is 3. The maximum Gasteiger partial charge on any atom is 0.227 e. The Balaban J connectivity index is 1.50. The van der Waals surface area contributed by atoms with Gasteiger partial charge in [0.1, 0.15) is 30.0 Å². The third-order valence-corrected chi connectivity index (χ3v) is 4.26. The number of nitrogens with zero attached hydrogens (tertiary/aromatic N) is 1. The van der Waals surface area contributed by atoms with Gasteiger partial charge >= 0.3 is 0 Å². The molecule has 6 heteroatoms. The van der Waals surface area contributed by atoms with Gasteiger partial charge in [0.15, 0.2) is 0 Å². The minimum absolute atomic E-state index is 0.0604. The van der Waals surface area contributed by atoms with Crippen LogP contribution < -0.4 is 9.47 Å². The topological polar surface area (TPSA) is 48.0 Å². The highest BCUT2D eigenvalue weighted by atomic mass is 19.1. The number of rotatable bonds is 6. The molecular weight excluding hydrogens is 337 g/mol. The summed E-state index contributed by atoms with van der Waals surface area (Å²) in [5.74, 6) is 1.11. The molecule has 1 unspecified atom stereocenters. The number of methoxy groups -OCH3 is 1. The quantitative estimate of drug-likeness (QED) is 0.796. The fourth-order valence-electron chi connectivity index (χ4n) is 2.80. The van der Waals surface area contributed by atoms with Gasteiger partial charge in [-0.05, 0) is 42.0 Å². The Bertz CT molecular complexity index is 718. The van der Waals surface area contributed by atoms with Gasteiger partial charge < -0.3 is 19.1 Å². The van der Waals surface area contributed by atoms with Crippen molar-refractivity contribution in [1.82, 2.24) is 4.90 Å². The third-order valence-electron chi connectivity index (χ3n) is 4.26. The number of amides is 1. The van der Waals surface area contributed by atoms with E-state index in [1.54, 1.807) is 24.1 Å². The average Bonchev–Trinajstić information content (AvgIpc) is 2.68. The van der Waals surface area contributed by atoms with Crippen LogP contribution in [0.25, 0.3) is 0 Å². The van der Waals surface area contributed by atoms with Crippen molar-refractivity contribution in [2.45, 2.75) is 12.5 Å². The van der Waals surface area contributed by atoms with E-state index in [9.17, 15) is 9.18 Å². The number of benzene rings is 2. The van der Waals surface area contributed by atoms with Crippen LogP contribution in [0.3, 0.4) is 0 Å². The fourth-order valence-corrected chi connectivity index (χ4v) is 2.80. The molecule has 0 N–H and O–H groups in total. The van der Waals surface area contributed by atoms with Gasteiger partial charge in [-0.3, -0.25) is 4.79 Å². The highest BCUT2D eigenvalue weighted by Gasteiger charge is 2.24. The molecule has 2 aromatic carbocycles. The second kappa shape index (κ2) is 8.67. The number of halogens is 1. The van der Waals surface area contributed by atoms with Crippen LogP contribution in [0.2, 0.25) is 0 Å². The number of morpholine rings is 1. The SMILES string of the molecule is COc1ccc(CC(=O)N2CCOC(COc3ccc(F)cc3)C2)cc1. The van der Waals surface area contributed by atoms with Gasteiger partial charge in [-0.25, -0.2) is 4.39 Å². The molecule has 1 aliphatic heterocycles. The Morgan fingerprint density at radius 3 is 2.54 bits per heavy atom. The number of carbonyl (C=O) groups is 1. The van der Waals surface area contributed by atoms with E-state index in [4.69, 9.17) is 14.2 Å². The highest BCUT2D eigenvalue weighted by molar-refractivity contribution is 5.79. The first kappa shape index (κ1) is 18.2. The Morgan fingerprint density at radius 2 is 1.85 bits per heavy atom. The van der Waals surface area contributed by atoms with Crippen molar-refractivity contribution in [3.8, 4) is 11.5 Å². The molecule has 1 atom stereocenters. The van der Waals surface area contributed by atoms with Gasteiger partial charge in [-0.15, -0.1) is 0 Å². The molecule has 0 spiro atoms. The summed E-state index contributed by atoms with van der Waals surface area (Å²) in [4.78, 5) is 14.3. The predicted molar refractivity (Wildman–Crippen MR) is 94.9 cm³/mol. The summed E-state index contributed by atoms with van der Waals surface area (Å²) in [6.45, 7) is 1.85. The van der Waals surface area contributed by atoms with Gasteiger partial charge in [0.05, 0.1) is 26.7 Å². The molecule has 0 aromatic heterocycles. The summed E-state index contributed by atoms with van der Waals surface area (Å²) in [5.41, 5.74) is 0.946. The van der Waals surface area contributed by atoms with Crippen LogP contribution in [0, 0.1) is 5.82 Å². The summed E-state index contributed by atoms with van der Waals surface area (Å²) in [6, 6.07) is 13.3. The summed E-state index contributed by atoms with van der Waals surface area (Å²) in [5, 5.41) is 0. The summed E-state index contributed by atoms with van der Waals surface area (Å²) >= 11 is 0. The largest absolute Gasteiger partial charge is 0.497 e. The molecule has 26 heavy (non-hydrogen) atoms. The predicted octanol–water partition coefficient (Wildman–Crippen LogP) is 2.68. The van der Waals surface area contributed by atoms with Gasteiger partial charge in [-0.1, -0.05) is 12.1 Å². The van der Waals surface area contributed by atoms with Crippen LogP contribution >= 0.6 is 0 Å². The maximum absolute atomic E-state index is 12.9. The standard InChI is InChI=1S/C20H22FNO4/c1-24-17-6-2-15(3-7-17)12-20(23)22-10-11-25-19(13-22)14-26-18-8-4-16(21)5-9-18/h2-9,19H,10-14H2,1H3. The highest BCUT2D eigenvalue weighted by Crippen LogP contribution is 2.15. The molecule has 2 aromatic rings. The zero-order chi connectivity index (χ0) is 18.4. The molecule has 0 radical (unpaired) electrons. The minimum Gasteiger partial charge on any atom is -0.497 e. The lowest BCUT2D eigenvalue weighted by Crippen LogP contribution is -2.48. The Labute approximate surface area is 152 Å². The van der Waals surface area contributed by atoms with Crippen LogP contribution in [0.1, 0.15) is 5.56 Å². The second-order valence-electron chi connectivity index (χ2n) is 6.12. The molecule has 1 heterocycles. The van der Waals surface area contributed by atoms with Gasteiger partial charge in [0, 0.05) is 6.54 Å². The zero-order valence-corrected chi connectivity index (χ0v) is 14.7. The molecule has 138 valence electrons. The van der Waals surface area contributed by atoms with Crippen molar-refractivity contribution in [3.05, 3.63) is 59.9 Å². The fraction of sp³-hybridized carbons (Fsp3) is 0.350. The minimum atomic E-state index is -0.304. The van der Waals surface area contributed by atoms with E-state index in [1.165, 1.54) is 12.1 Å². The van der Waals surface area contributed by atoms with Crippen molar-refractivity contribution < 1.29 is 23.4 Å². The maximum atomic E-state index is 12.9. The van der Waals surface area contributed by atoms with Gasteiger partial charge in [0.25, 0.3) is 0 Å². The van der Waals surface area contributed by atoms with Crippen LogP contribution in [0.15, 0.2) is 48.5 Å². The van der Waals surface area contributed by atoms with Crippen LogP contribution in [0.5, 0.6) is 11.5 Å². The lowest BCUT2D eigenvalue weighted by atomic mass is 10.1. The van der Waals surface area contributed by atoms with E-state index in [0.29, 0.717) is 38.5 Å². The Morgan fingerprint density at radius 1 is 1.15 bits per heavy atom. The van der Waals surface area contributed by atoms with Crippen LogP contribution in [-0.4, -0.2) is 50.3 Å². The lowest BCUT2D eigenvalue weighted by Gasteiger charge is -2.33. The van der Waals surface area contributed by atoms with E-state index >= 15 is 0 Å². The van der Waals surface area contributed by atoms with E-state index < -0.39 is 0 Å². The molecule has 1 aliphatic rings. The van der Waals surface area contributed by atoms with Crippen molar-refractivity contribution in [2.75, 3.05) is 33.4 Å².